The Labute approximate surface area is 143 Å². The smallest absolute Gasteiger partial charge is 0.261 e. The van der Waals surface area contributed by atoms with E-state index in [1.165, 1.54) is 11.3 Å². The molecule has 1 amide bonds. The third kappa shape index (κ3) is 3.28. The number of rotatable bonds is 5. The lowest BCUT2D eigenvalue weighted by Gasteiger charge is -2.10. The van der Waals surface area contributed by atoms with Crippen molar-refractivity contribution in [1.29, 1.82) is 0 Å². The standard InChI is InChI=1S/C18H15N3O2S/c22-16(19-18-21-20-17(24-18)12-10-11-12)14-8-4-5-9-15(14)23-13-6-2-1-3-7-13/h1-9,12H,10-11H2,(H,19,21,22). The van der Waals surface area contributed by atoms with Crippen molar-refractivity contribution >= 4 is 22.4 Å². The molecular weight excluding hydrogens is 322 g/mol. The predicted molar refractivity (Wildman–Crippen MR) is 92.8 cm³/mol. The summed E-state index contributed by atoms with van der Waals surface area (Å²) in [5.41, 5.74) is 0.463. The van der Waals surface area contributed by atoms with E-state index in [-0.39, 0.29) is 5.91 Å². The number of amides is 1. The lowest BCUT2D eigenvalue weighted by Crippen LogP contribution is -2.12. The van der Waals surface area contributed by atoms with Crippen molar-refractivity contribution in [2.75, 3.05) is 5.32 Å². The van der Waals surface area contributed by atoms with E-state index in [0.717, 1.165) is 17.8 Å². The van der Waals surface area contributed by atoms with Crippen molar-refractivity contribution < 1.29 is 9.53 Å². The minimum Gasteiger partial charge on any atom is -0.457 e. The van der Waals surface area contributed by atoms with Crippen molar-refractivity contribution in [3.8, 4) is 11.5 Å². The van der Waals surface area contributed by atoms with E-state index in [1.807, 2.05) is 42.5 Å². The van der Waals surface area contributed by atoms with Crippen molar-refractivity contribution in [2.24, 2.45) is 0 Å². The predicted octanol–water partition coefficient (Wildman–Crippen LogP) is 4.46. The van der Waals surface area contributed by atoms with Crippen LogP contribution in [0.2, 0.25) is 0 Å². The number of benzene rings is 2. The summed E-state index contributed by atoms with van der Waals surface area (Å²) in [6, 6.07) is 16.5. The summed E-state index contributed by atoms with van der Waals surface area (Å²) in [5, 5.41) is 12.5. The Morgan fingerprint density at radius 1 is 1.04 bits per heavy atom. The Balaban J connectivity index is 1.53. The number of nitrogens with one attached hydrogen (secondary N) is 1. The van der Waals surface area contributed by atoms with Gasteiger partial charge in [-0.3, -0.25) is 10.1 Å². The van der Waals surface area contributed by atoms with Crippen molar-refractivity contribution in [3.63, 3.8) is 0 Å². The van der Waals surface area contributed by atoms with Gasteiger partial charge in [-0.1, -0.05) is 41.7 Å². The summed E-state index contributed by atoms with van der Waals surface area (Å²) in [5.74, 6) is 1.47. The maximum Gasteiger partial charge on any atom is 0.261 e. The number of anilines is 1. The molecule has 0 spiro atoms. The fraction of sp³-hybridized carbons (Fsp3) is 0.167. The highest BCUT2D eigenvalue weighted by Gasteiger charge is 2.28. The van der Waals surface area contributed by atoms with Crippen LogP contribution in [0, 0.1) is 0 Å². The number of carbonyl (C=O) groups excluding carboxylic acids is 1. The molecule has 3 aromatic rings. The van der Waals surface area contributed by atoms with Crippen LogP contribution in [0.1, 0.15) is 34.1 Å². The van der Waals surface area contributed by atoms with E-state index in [2.05, 4.69) is 15.5 Å². The second-order valence-electron chi connectivity index (χ2n) is 5.59. The van der Waals surface area contributed by atoms with Gasteiger partial charge in [0, 0.05) is 5.92 Å². The van der Waals surface area contributed by atoms with Crippen molar-refractivity contribution in [1.82, 2.24) is 10.2 Å². The molecule has 1 heterocycles. The van der Waals surface area contributed by atoms with Gasteiger partial charge in [-0.25, -0.2) is 0 Å². The molecule has 1 saturated carbocycles. The summed E-state index contributed by atoms with van der Waals surface area (Å²) in [6.45, 7) is 0. The number of para-hydroxylation sites is 2. The zero-order chi connectivity index (χ0) is 16.4. The van der Waals surface area contributed by atoms with Gasteiger partial charge in [0.2, 0.25) is 5.13 Å². The first-order valence-corrected chi connectivity index (χ1v) is 8.58. The first-order valence-electron chi connectivity index (χ1n) is 7.76. The molecule has 0 aliphatic heterocycles. The zero-order valence-electron chi connectivity index (χ0n) is 12.8. The van der Waals surface area contributed by atoms with Gasteiger partial charge >= 0.3 is 0 Å². The van der Waals surface area contributed by atoms with Crippen LogP contribution in [0.4, 0.5) is 5.13 Å². The van der Waals surface area contributed by atoms with Crippen LogP contribution in [0.3, 0.4) is 0 Å². The van der Waals surface area contributed by atoms with Crippen LogP contribution in [0.5, 0.6) is 11.5 Å². The molecule has 0 bridgehead atoms. The fourth-order valence-corrected chi connectivity index (χ4v) is 3.21. The molecule has 0 saturated heterocycles. The summed E-state index contributed by atoms with van der Waals surface area (Å²) in [7, 11) is 0. The molecule has 1 aliphatic rings. The SMILES string of the molecule is O=C(Nc1nnc(C2CC2)s1)c1ccccc1Oc1ccccc1. The number of hydrogen-bond acceptors (Lipinski definition) is 5. The monoisotopic (exact) mass is 337 g/mol. The highest BCUT2D eigenvalue weighted by atomic mass is 32.1. The molecule has 5 nitrogen and oxygen atoms in total. The minimum atomic E-state index is -0.250. The lowest BCUT2D eigenvalue weighted by molar-refractivity contribution is 0.102. The van der Waals surface area contributed by atoms with E-state index in [1.54, 1.807) is 12.1 Å². The largest absolute Gasteiger partial charge is 0.457 e. The topological polar surface area (TPSA) is 64.1 Å². The van der Waals surface area contributed by atoms with Gasteiger partial charge in [0.1, 0.15) is 16.5 Å². The molecule has 0 radical (unpaired) electrons. The van der Waals surface area contributed by atoms with Gasteiger partial charge in [0.25, 0.3) is 5.91 Å². The summed E-state index contributed by atoms with van der Waals surface area (Å²) >= 11 is 1.44. The van der Waals surface area contributed by atoms with Gasteiger partial charge in [-0.2, -0.15) is 0 Å². The van der Waals surface area contributed by atoms with E-state index < -0.39 is 0 Å². The summed E-state index contributed by atoms with van der Waals surface area (Å²) in [4.78, 5) is 12.6. The Kier molecular flexibility index (Phi) is 3.96. The Morgan fingerprint density at radius 2 is 1.79 bits per heavy atom. The van der Waals surface area contributed by atoms with Gasteiger partial charge in [0.05, 0.1) is 5.56 Å². The van der Waals surface area contributed by atoms with Crippen LogP contribution >= 0.6 is 11.3 Å². The van der Waals surface area contributed by atoms with Crippen LogP contribution in [0.25, 0.3) is 0 Å². The third-order valence-electron chi connectivity index (χ3n) is 3.69. The Bertz CT molecular complexity index is 859. The van der Waals surface area contributed by atoms with Crippen LogP contribution in [0.15, 0.2) is 54.6 Å². The molecule has 0 atom stereocenters. The highest BCUT2D eigenvalue weighted by Crippen LogP contribution is 2.42. The number of hydrogen-bond donors (Lipinski definition) is 1. The van der Waals surface area contributed by atoms with Gasteiger partial charge in [0.15, 0.2) is 0 Å². The molecule has 1 aromatic heterocycles. The highest BCUT2D eigenvalue weighted by molar-refractivity contribution is 7.15. The molecular formula is C18H15N3O2S. The van der Waals surface area contributed by atoms with Crippen LogP contribution in [-0.2, 0) is 0 Å². The van der Waals surface area contributed by atoms with E-state index in [9.17, 15) is 4.79 Å². The molecule has 4 rings (SSSR count). The maximum atomic E-state index is 12.6. The quantitative estimate of drug-likeness (QED) is 0.746. The first-order chi connectivity index (χ1) is 11.8. The summed E-state index contributed by atoms with van der Waals surface area (Å²) in [6.07, 6.45) is 2.33. The maximum absolute atomic E-state index is 12.6. The molecule has 0 unspecified atom stereocenters. The van der Waals surface area contributed by atoms with Crippen LogP contribution in [-0.4, -0.2) is 16.1 Å². The molecule has 1 fully saturated rings. The average Bonchev–Trinajstić information content (AvgIpc) is 3.36. The second kappa shape index (κ2) is 6.41. The lowest BCUT2D eigenvalue weighted by atomic mass is 10.2. The van der Waals surface area contributed by atoms with E-state index in [0.29, 0.717) is 28.1 Å². The Hall–Kier alpha value is -2.73. The molecule has 1 N–H and O–H groups in total. The van der Waals surface area contributed by atoms with Crippen LogP contribution < -0.4 is 10.1 Å². The Morgan fingerprint density at radius 3 is 2.58 bits per heavy atom. The van der Waals surface area contributed by atoms with Gasteiger partial charge < -0.3 is 4.74 Å². The minimum absolute atomic E-state index is 0.250. The average molecular weight is 337 g/mol. The normalized spacial score (nSPS) is 13.5. The van der Waals surface area contributed by atoms with E-state index in [4.69, 9.17) is 4.74 Å². The number of aromatic nitrogens is 2. The molecule has 1 aliphatic carbocycles. The van der Waals surface area contributed by atoms with Gasteiger partial charge in [-0.15, -0.1) is 10.2 Å². The second-order valence-corrected chi connectivity index (χ2v) is 6.59. The number of ether oxygens (including phenoxy) is 1. The van der Waals surface area contributed by atoms with Gasteiger partial charge in [-0.05, 0) is 37.1 Å². The van der Waals surface area contributed by atoms with Crippen molar-refractivity contribution in [2.45, 2.75) is 18.8 Å². The van der Waals surface area contributed by atoms with E-state index >= 15 is 0 Å². The molecule has 24 heavy (non-hydrogen) atoms. The molecule has 120 valence electrons. The first kappa shape index (κ1) is 14.8. The van der Waals surface area contributed by atoms with Crippen molar-refractivity contribution in [3.05, 3.63) is 65.2 Å². The number of carbonyl (C=O) groups is 1. The third-order valence-corrected chi connectivity index (χ3v) is 4.69. The summed E-state index contributed by atoms with van der Waals surface area (Å²) < 4.78 is 5.83. The fourth-order valence-electron chi connectivity index (χ4n) is 2.30. The molecule has 6 heteroatoms. The zero-order valence-corrected chi connectivity index (χ0v) is 13.6. The number of nitrogens with zero attached hydrogens (tertiary/aromatic N) is 2. The molecule has 2 aromatic carbocycles.